The first-order valence-corrected chi connectivity index (χ1v) is 6.37. The maximum absolute atomic E-state index is 13.6. The van der Waals surface area contributed by atoms with E-state index in [0.717, 1.165) is 0 Å². The van der Waals surface area contributed by atoms with Crippen molar-refractivity contribution in [1.82, 2.24) is 0 Å². The summed E-state index contributed by atoms with van der Waals surface area (Å²) in [5.74, 6) is 0.492. The summed E-state index contributed by atoms with van der Waals surface area (Å²) in [6.07, 6.45) is -0.846. The van der Waals surface area contributed by atoms with Gasteiger partial charge in [-0.1, -0.05) is 18.2 Å². The molecule has 0 spiro atoms. The predicted octanol–water partition coefficient (Wildman–Crippen LogP) is 3.47. The van der Waals surface area contributed by atoms with Gasteiger partial charge in [0, 0.05) is 11.1 Å². The Hall–Kier alpha value is -1.91. The van der Waals surface area contributed by atoms with Gasteiger partial charge in [0.1, 0.15) is 17.3 Å². The molecule has 0 saturated carbocycles. The van der Waals surface area contributed by atoms with E-state index in [4.69, 9.17) is 4.74 Å². The topological polar surface area (TPSA) is 49.7 Å². The van der Waals surface area contributed by atoms with Crippen molar-refractivity contribution in [3.63, 3.8) is 0 Å². The van der Waals surface area contributed by atoms with Crippen molar-refractivity contribution < 1.29 is 19.3 Å². The molecule has 0 aliphatic carbocycles. The molecule has 2 rings (SSSR count). The van der Waals surface area contributed by atoms with Gasteiger partial charge in [0.15, 0.2) is 0 Å². The molecule has 0 aliphatic rings. The Morgan fingerprint density at radius 1 is 1.20 bits per heavy atom. The summed E-state index contributed by atoms with van der Waals surface area (Å²) in [7, 11) is 0. The van der Waals surface area contributed by atoms with Gasteiger partial charge >= 0.3 is 0 Å². The number of rotatable bonds is 4. The van der Waals surface area contributed by atoms with Crippen LogP contribution in [0.3, 0.4) is 0 Å². The van der Waals surface area contributed by atoms with Crippen molar-refractivity contribution in [3.8, 4) is 11.5 Å². The van der Waals surface area contributed by atoms with Gasteiger partial charge in [0.05, 0.1) is 12.7 Å². The van der Waals surface area contributed by atoms with Crippen LogP contribution in [-0.4, -0.2) is 10.2 Å². The Kier molecular flexibility index (Phi) is 4.37. The predicted molar refractivity (Wildman–Crippen MR) is 74.2 cm³/mol. The van der Waals surface area contributed by atoms with Gasteiger partial charge in [-0.3, -0.25) is 0 Å². The fraction of sp³-hybridized carbons (Fsp3) is 0.250. The smallest absolute Gasteiger partial charge is 0.133 e. The molecule has 1 atom stereocenters. The molecule has 106 valence electrons. The van der Waals surface area contributed by atoms with Gasteiger partial charge in [-0.2, -0.15) is 0 Å². The first-order chi connectivity index (χ1) is 9.52. The minimum Gasteiger partial charge on any atom is -0.457 e. The molecule has 3 nitrogen and oxygen atoms in total. The maximum atomic E-state index is 13.6. The van der Waals surface area contributed by atoms with E-state index in [1.807, 2.05) is 0 Å². The van der Waals surface area contributed by atoms with Crippen LogP contribution in [0.25, 0.3) is 0 Å². The molecule has 2 aromatic rings. The molecule has 0 bridgehead atoms. The number of aryl methyl sites for hydroxylation is 1. The Morgan fingerprint density at radius 2 is 1.90 bits per heavy atom. The highest BCUT2D eigenvalue weighted by atomic mass is 19.1. The summed E-state index contributed by atoms with van der Waals surface area (Å²) < 4.78 is 19.3. The molecule has 0 radical (unpaired) electrons. The molecule has 0 aliphatic heterocycles. The van der Waals surface area contributed by atoms with Crippen LogP contribution in [-0.2, 0) is 6.61 Å². The maximum Gasteiger partial charge on any atom is 0.133 e. The molecule has 0 unspecified atom stereocenters. The number of halogens is 1. The van der Waals surface area contributed by atoms with Crippen LogP contribution in [0.4, 0.5) is 4.39 Å². The first kappa shape index (κ1) is 14.5. The number of benzene rings is 2. The van der Waals surface area contributed by atoms with Crippen LogP contribution < -0.4 is 4.74 Å². The standard InChI is InChI=1S/C16H17FO3/c1-10-7-16(13(11(2)19)8-14(10)17)20-15-6-4-3-5-12(15)9-18/h3-8,11,18-19H,9H2,1-2H3/t11-/m1/s1. The second-order valence-electron chi connectivity index (χ2n) is 4.68. The van der Waals surface area contributed by atoms with Crippen LogP contribution in [0.2, 0.25) is 0 Å². The molecule has 0 amide bonds. The quantitative estimate of drug-likeness (QED) is 0.899. The minimum absolute atomic E-state index is 0.152. The normalized spacial score (nSPS) is 12.2. The van der Waals surface area contributed by atoms with Gasteiger partial charge in [-0.25, -0.2) is 4.39 Å². The third-order valence-corrected chi connectivity index (χ3v) is 3.10. The van der Waals surface area contributed by atoms with Crippen LogP contribution in [0.5, 0.6) is 11.5 Å². The largest absolute Gasteiger partial charge is 0.457 e. The molecule has 2 N–H and O–H groups in total. The third-order valence-electron chi connectivity index (χ3n) is 3.10. The van der Waals surface area contributed by atoms with E-state index in [2.05, 4.69) is 0 Å². The van der Waals surface area contributed by atoms with Crippen molar-refractivity contribution in [2.75, 3.05) is 0 Å². The molecular formula is C16H17FO3. The SMILES string of the molecule is Cc1cc(Oc2ccccc2CO)c([C@@H](C)O)cc1F. The highest BCUT2D eigenvalue weighted by Gasteiger charge is 2.14. The highest BCUT2D eigenvalue weighted by Crippen LogP contribution is 2.33. The van der Waals surface area contributed by atoms with E-state index >= 15 is 0 Å². The monoisotopic (exact) mass is 276 g/mol. The first-order valence-electron chi connectivity index (χ1n) is 6.37. The van der Waals surface area contributed by atoms with Gasteiger partial charge in [-0.15, -0.1) is 0 Å². The van der Waals surface area contributed by atoms with Crippen molar-refractivity contribution in [1.29, 1.82) is 0 Å². The van der Waals surface area contributed by atoms with E-state index in [-0.39, 0.29) is 12.4 Å². The number of aliphatic hydroxyl groups excluding tert-OH is 2. The lowest BCUT2D eigenvalue weighted by Gasteiger charge is -2.16. The lowest BCUT2D eigenvalue weighted by molar-refractivity contribution is 0.195. The lowest BCUT2D eigenvalue weighted by Crippen LogP contribution is -2.00. The van der Waals surface area contributed by atoms with Crippen molar-refractivity contribution >= 4 is 0 Å². The molecule has 0 heterocycles. The highest BCUT2D eigenvalue weighted by molar-refractivity contribution is 5.44. The van der Waals surface area contributed by atoms with Crippen LogP contribution in [0, 0.1) is 12.7 Å². The summed E-state index contributed by atoms with van der Waals surface area (Å²) in [6, 6.07) is 9.86. The Bertz CT molecular complexity index is 609. The van der Waals surface area contributed by atoms with E-state index in [0.29, 0.717) is 28.2 Å². The molecule has 0 fully saturated rings. The zero-order valence-electron chi connectivity index (χ0n) is 11.4. The van der Waals surface area contributed by atoms with Crippen molar-refractivity contribution in [2.24, 2.45) is 0 Å². The van der Waals surface area contributed by atoms with E-state index in [9.17, 15) is 14.6 Å². The summed E-state index contributed by atoms with van der Waals surface area (Å²) >= 11 is 0. The second kappa shape index (κ2) is 6.03. The Morgan fingerprint density at radius 3 is 2.55 bits per heavy atom. The average molecular weight is 276 g/mol. The summed E-state index contributed by atoms with van der Waals surface area (Å²) in [5.41, 5.74) is 1.44. The van der Waals surface area contributed by atoms with Crippen molar-refractivity contribution in [3.05, 3.63) is 58.9 Å². The minimum atomic E-state index is -0.846. The van der Waals surface area contributed by atoms with Crippen LogP contribution >= 0.6 is 0 Å². The zero-order chi connectivity index (χ0) is 14.7. The Labute approximate surface area is 117 Å². The molecule has 0 saturated heterocycles. The number of aliphatic hydroxyl groups is 2. The molecule has 0 aromatic heterocycles. The molecule has 4 heteroatoms. The van der Waals surface area contributed by atoms with E-state index in [1.54, 1.807) is 44.2 Å². The van der Waals surface area contributed by atoms with Gasteiger partial charge in [0.25, 0.3) is 0 Å². The van der Waals surface area contributed by atoms with Crippen LogP contribution in [0.1, 0.15) is 29.7 Å². The average Bonchev–Trinajstić information content (AvgIpc) is 2.43. The lowest BCUT2D eigenvalue weighted by atomic mass is 10.1. The van der Waals surface area contributed by atoms with E-state index < -0.39 is 6.10 Å². The summed E-state index contributed by atoms with van der Waals surface area (Å²) in [5, 5.41) is 19.0. The number of hydrogen-bond acceptors (Lipinski definition) is 3. The molecular weight excluding hydrogens is 259 g/mol. The van der Waals surface area contributed by atoms with Gasteiger partial charge in [-0.05, 0) is 37.6 Å². The Balaban J connectivity index is 2.45. The fourth-order valence-electron chi connectivity index (χ4n) is 1.94. The zero-order valence-corrected chi connectivity index (χ0v) is 11.4. The van der Waals surface area contributed by atoms with Crippen LogP contribution in [0.15, 0.2) is 36.4 Å². The summed E-state index contributed by atoms with van der Waals surface area (Å²) in [6.45, 7) is 3.03. The second-order valence-corrected chi connectivity index (χ2v) is 4.68. The third kappa shape index (κ3) is 2.98. The fourth-order valence-corrected chi connectivity index (χ4v) is 1.94. The molecule has 20 heavy (non-hydrogen) atoms. The van der Waals surface area contributed by atoms with Crippen molar-refractivity contribution in [2.45, 2.75) is 26.6 Å². The number of ether oxygens (including phenoxy) is 1. The number of para-hydroxylation sites is 1. The molecule has 2 aromatic carbocycles. The summed E-state index contributed by atoms with van der Waals surface area (Å²) in [4.78, 5) is 0. The number of hydrogen-bond donors (Lipinski definition) is 2. The van der Waals surface area contributed by atoms with E-state index in [1.165, 1.54) is 6.07 Å². The van der Waals surface area contributed by atoms with Gasteiger partial charge < -0.3 is 14.9 Å². The van der Waals surface area contributed by atoms with Gasteiger partial charge in [0.2, 0.25) is 0 Å².